The van der Waals surface area contributed by atoms with Gasteiger partial charge in [0, 0.05) is 47.9 Å². The first-order chi connectivity index (χ1) is 17.1. The zero-order valence-electron chi connectivity index (χ0n) is 20.9. The standard InChI is InChI=1S/C28H28Cl2N2O4/c1-17(33)31(3)15-18-6-10-24(30)22(12-18)28(2)23-13-20(29)8-11-25(23)32(27(28)34)16-19-7-9-21(35-4)14-26(19)36-5/h6-14H,15-16H2,1-5H3. The van der Waals surface area contributed by atoms with Crippen molar-refractivity contribution in [3.8, 4) is 11.5 Å². The molecule has 1 aliphatic heterocycles. The van der Waals surface area contributed by atoms with Gasteiger partial charge in [-0.2, -0.15) is 0 Å². The first-order valence-electron chi connectivity index (χ1n) is 11.4. The summed E-state index contributed by atoms with van der Waals surface area (Å²) < 4.78 is 10.9. The molecule has 0 N–H and O–H groups in total. The van der Waals surface area contributed by atoms with Gasteiger partial charge < -0.3 is 19.3 Å². The number of anilines is 1. The van der Waals surface area contributed by atoms with Crippen molar-refractivity contribution in [2.45, 2.75) is 32.4 Å². The summed E-state index contributed by atoms with van der Waals surface area (Å²) in [5.74, 6) is 1.11. The second-order valence-electron chi connectivity index (χ2n) is 9.04. The Bertz CT molecular complexity index is 1340. The SMILES string of the molecule is COc1ccc(CN2C(=O)C(C)(c3cc(CN(C)C(C)=O)ccc3Cl)c3cc(Cl)ccc32)c(OC)c1. The number of hydrogen-bond acceptors (Lipinski definition) is 4. The number of hydrogen-bond donors (Lipinski definition) is 0. The van der Waals surface area contributed by atoms with Gasteiger partial charge in [0.15, 0.2) is 0 Å². The fourth-order valence-corrected chi connectivity index (χ4v) is 5.13. The molecule has 1 aliphatic rings. The summed E-state index contributed by atoms with van der Waals surface area (Å²) in [6.07, 6.45) is 0. The van der Waals surface area contributed by atoms with Gasteiger partial charge in [0.25, 0.3) is 0 Å². The van der Waals surface area contributed by atoms with Gasteiger partial charge in [-0.1, -0.05) is 35.3 Å². The number of ether oxygens (including phenoxy) is 2. The lowest BCUT2D eigenvalue weighted by molar-refractivity contribution is -0.128. The fourth-order valence-electron chi connectivity index (χ4n) is 4.65. The predicted octanol–water partition coefficient (Wildman–Crippen LogP) is 5.84. The number of nitrogens with zero attached hydrogens (tertiary/aromatic N) is 2. The van der Waals surface area contributed by atoms with E-state index >= 15 is 0 Å². The summed E-state index contributed by atoms with van der Waals surface area (Å²) in [6.45, 7) is 4.08. The lowest BCUT2D eigenvalue weighted by Gasteiger charge is -2.27. The van der Waals surface area contributed by atoms with Gasteiger partial charge in [-0.05, 0) is 60.0 Å². The molecule has 0 fully saturated rings. The van der Waals surface area contributed by atoms with Gasteiger partial charge in [0.05, 0.1) is 20.8 Å². The van der Waals surface area contributed by atoms with Crippen LogP contribution in [-0.2, 0) is 28.1 Å². The van der Waals surface area contributed by atoms with Crippen molar-refractivity contribution in [1.82, 2.24) is 4.90 Å². The first-order valence-corrected chi connectivity index (χ1v) is 12.2. The average Bonchev–Trinajstić information content (AvgIpc) is 3.07. The van der Waals surface area contributed by atoms with Crippen LogP contribution < -0.4 is 14.4 Å². The summed E-state index contributed by atoms with van der Waals surface area (Å²) in [5.41, 5.74) is 2.82. The molecule has 0 bridgehead atoms. The van der Waals surface area contributed by atoms with Crippen molar-refractivity contribution in [2.75, 3.05) is 26.2 Å². The highest BCUT2D eigenvalue weighted by molar-refractivity contribution is 6.32. The van der Waals surface area contributed by atoms with Crippen LogP contribution >= 0.6 is 23.2 Å². The maximum absolute atomic E-state index is 14.2. The highest BCUT2D eigenvalue weighted by Gasteiger charge is 2.50. The molecule has 1 unspecified atom stereocenters. The molecule has 1 atom stereocenters. The van der Waals surface area contributed by atoms with Crippen molar-refractivity contribution >= 4 is 40.7 Å². The Morgan fingerprint density at radius 3 is 2.42 bits per heavy atom. The Balaban J connectivity index is 1.82. The van der Waals surface area contributed by atoms with E-state index in [0.29, 0.717) is 40.2 Å². The van der Waals surface area contributed by atoms with Crippen molar-refractivity contribution in [3.05, 3.63) is 86.9 Å². The molecule has 0 aliphatic carbocycles. The Morgan fingerprint density at radius 1 is 1.00 bits per heavy atom. The summed E-state index contributed by atoms with van der Waals surface area (Å²) in [5, 5.41) is 0.995. The number of carbonyl (C=O) groups excluding carboxylic acids is 2. The Labute approximate surface area is 221 Å². The number of methoxy groups -OCH3 is 2. The minimum Gasteiger partial charge on any atom is -0.497 e. The van der Waals surface area contributed by atoms with Crippen LogP contribution in [0, 0.1) is 0 Å². The lowest BCUT2D eigenvalue weighted by Crippen LogP contribution is -2.39. The zero-order chi connectivity index (χ0) is 26.2. The van der Waals surface area contributed by atoms with E-state index in [9.17, 15) is 9.59 Å². The molecule has 188 valence electrons. The van der Waals surface area contributed by atoms with E-state index in [-0.39, 0.29) is 11.8 Å². The molecular formula is C28H28Cl2N2O4. The molecule has 0 radical (unpaired) electrons. The van der Waals surface area contributed by atoms with Crippen LogP contribution in [0.4, 0.5) is 5.69 Å². The number of fused-ring (bicyclic) bond motifs is 1. The Morgan fingerprint density at radius 2 is 1.75 bits per heavy atom. The van der Waals surface area contributed by atoms with Gasteiger partial charge in [-0.3, -0.25) is 9.59 Å². The fraction of sp³-hybridized carbons (Fsp3) is 0.286. The second-order valence-corrected chi connectivity index (χ2v) is 9.89. The van der Waals surface area contributed by atoms with E-state index in [1.807, 2.05) is 43.3 Å². The van der Waals surface area contributed by atoms with E-state index in [4.69, 9.17) is 32.7 Å². The van der Waals surface area contributed by atoms with E-state index in [0.717, 1.165) is 22.4 Å². The van der Waals surface area contributed by atoms with Crippen LogP contribution in [0.5, 0.6) is 11.5 Å². The number of rotatable bonds is 7. The van der Waals surface area contributed by atoms with Crippen molar-refractivity contribution in [3.63, 3.8) is 0 Å². The lowest BCUT2D eigenvalue weighted by atomic mass is 9.76. The van der Waals surface area contributed by atoms with Crippen LogP contribution in [0.1, 0.15) is 36.1 Å². The van der Waals surface area contributed by atoms with Crippen molar-refractivity contribution < 1.29 is 19.1 Å². The maximum atomic E-state index is 14.2. The molecule has 1 heterocycles. The van der Waals surface area contributed by atoms with Crippen molar-refractivity contribution in [2.24, 2.45) is 0 Å². The molecule has 2 amide bonds. The van der Waals surface area contributed by atoms with Crippen LogP contribution in [-0.4, -0.2) is 38.0 Å². The van der Waals surface area contributed by atoms with Gasteiger partial charge >= 0.3 is 0 Å². The second kappa shape index (κ2) is 10.0. The minimum absolute atomic E-state index is 0.0496. The topological polar surface area (TPSA) is 59.1 Å². The molecule has 0 saturated heterocycles. The van der Waals surface area contributed by atoms with Gasteiger partial charge in [-0.15, -0.1) is 0 Å². The molecule has 3 aromatic carbocycles. The molecule has 36 heavy (non-hydrogen) atoms. The smallest absolute Gasteiger partial charge is 0.242 e. The Hall–Kier alpha value is -3.22. The molecule has 0 aromatic heterocycles. The van der Waals surface area contributed by atoms with Gasteiger partial charge in [0.1, 0.15) is 16.9 Å². The van der Waals surface area contributed by atoms with Crippen LogP contribution in [0.25, 0.3) is 0 Å². The summed E-state index contributed by atoms with van der Waals surface area (Å²) in [4.78, 5) is 29.3. The third-order valence-electron chi connectivity index (χ3n) is 6.81. The zero-order valence-corrected chi connectivity index (χ0v) is 22.4. The Kier molecular flexibility index (Phi) is 7.21. The third-order valence-corrected chi connectivity index (χ3v) is 7.38. The van der Waals surface area contributed by atoms with Crippen LogP contribution in [0.15, 0.2) is 54.6 Å². The number of amides is 2. The normalized spacial score (nSPS) is 16.6. The predicted molar refractivity (Wildman–Crippen MR) is 142 cm³/mol. The molecule has 4 rings (SSSR count). The molecule has 3 aromatic rings. The molecule has 0 spiro atoms. The summed E-state index contributed by atoms with van der Waals surface area (Å²) in [6, 6.07) is 16.5. The monoisotopic (exact) mass is 526 g/mol. The quantitative estimate of drug-likeness (QED) is 0.387. The molecule has 8 heteroatoms. The van der Waals surface area contributed by atoms with E-state index in [2.05, 4.69) is 0 Å². The summed E-state index contributed by atoms with van der Waals surface area (Å²) in [7, 11) is 4.92. The van der Waals surface area contributed by atoms with Crippen molar-refractivity contribution in [1.29, 1.82) is 0 Å². The molecule has 0 saturated carbocycles. The highest BCUT2D eigenvalue weighted by Crippen LogP contribution is 2.49. The average molecular weight is 527 g/mol. The molecular weight excluding hydrogens is 499 g/mol. The summed E-state index contributed by atoms with van der Waals surface area (Å²) >= 11 is 13.1. The van der Waals surface area contributed by atoms with E-state index in [1.54, 1.807) is 49.3 Å². The number of benzene rings is 3. The highest BCUT2D eigenvalue weighted by atomic mass is 35.5. The largest absolute Gasteiger partial charge is 0.497 e. The van der Waals surface area contributed by atoms with Gasteiger partial charge in [0.2, 0.25) is 11.8 Å². The van der Waals surface area contributed by atoms with E-state index < -0.39 is 5.41 Å². The first kappa shape index (κ1) is 25.9. The van der Waals surface area contributed by atoms with Crippen LogP contribution in [0.2, 0.25) is 10.0 Å². The third kappa shape index (κ3) is 4.51. The maximum Gasteiger partial charge on any atom is 0.242 e. The number of halogens is 2. The van der Waals surface area contributed by atoms with Crippen LogP contribution in [0.3, 0.4) is 0 Å². The van der Waals surface area contributed by atoms with Gasteiger partial charge in [-0.25, -0.2) is 0 Å². The number of carbonyl (C=O) groups is 2. The molecule has 6 nitrogen and oxygen atoms in total. The van der Waals surface area contributed by atoms with E-state index in [1.165, 1.54) is 6.92 Å². The minimum atomic E-state index is -1.08.